The number of hydrogen-bond donors (Lipinski definition) is 1. The molecule has 1 aromatic carbocycles. The van der Waals surface area contributed by atoms with Gasteiger partial charge in [-0.2, -0.15) is 0 Å². The summed E-state index contributed by atoms with van der Waals surface area (Å²) in [5.41, 5.74) is 4.19. The summed E-state index contributed by atoms with van der Waals surface area (Å²) in [6.07, 6.45) is 1.18. The number of nitrogens with one attached hydrogen (secondary N) is 1. The summed E-state index contributed by atoms with van der Waals surface area (Å²) in [5, 5.41) is 3.43. The minimum atomic E-state index is 1.03. The Labute approximate surface area is 114 Å². The van der Waals surface area contributed by atoms with Crippen LogP contribution in [0.3, 0.4) is 0 Å². The van der Waals surface area contributed by atoms with Crippen LogP contribution in [0, 0.1) is 6.92 Å². The van der Waals surface area contributed by atoms with Crippen LogP contribution < -0.4 is 5.32 Å². The second-order valence-corrected chi connectivity index (χ2v) is 6.50. The largest absolute Gasteiger partial charge is 0.312 e. The molecule has 2 aromatic rings. The molecule has 2 heterocycles. The molecule has 1 N–H and O–H groups in total. The maximum atomic E-state index is 3.52. The van der Waals surface area contributed by atoms with E-state index in [2.05, 4.69) is 52.4 Å². The summed E-state index contributed by atoms with van der Waals surface area (Å²) >= 11 is 5.47. The highest BCUT2D eigenvalue weighted by Crippen LogP contribution is 2.35. The summed E-state index contributed by atoms with van der Waals surface area (Å²) in [6.45, 7) is 4.32. The van der Waals surface area contributed by atoms with Crippen molar-refractivity contribution in [1.29, 1.82) is 0 Å². The lowest BCUT2D eigenvalue weighted by Gasteiger charge is -2.10. The number of aryl methyl sites for hydroxylation is 1. The number of halogens is 1. The lowest BCUT2D eigenvalue weighted by Crippen LogP contribution is -2.21. The van der Waals surface area contributed by atoms with Crippen molar-refractivity contribution < 1.29 is 0 Å². The molecule has 0 amide bonds. The van der Waals surface area contributed by atoms with Gasteiger partial charge in [0.15, 0.2) is 0 Å². The summed E-state index contributed by atoms with van der Waals surface area (Å²) in [5.74, 6) is 0. The van der Waals surface area contributed by atoms with Crippen LogP contribution in [-0.4, -0.2) is 6.54 Å². The van der Waals surface area contributed by atoms with E-state index in [1.54, 1.807) is 4.88 Å². The SMILES string of the molecule is Cc1cc(Br)ccc1-c1cc2c(s1)CCNC2. The van der Waals surface area contributed by atoms with Gasteiger partial charge in [0.05, 0.1) is 0 Å². The third kappa shape index (κ3) is 2.19. The van der Waals surface area contributed by atoms with Crippen LogP contribution in [0.2, 0.25) is 0 Å². The van der Waals surface area contributed by atoms with E-state index in [9.17, 15) is 0 Å². The van der Waals surface area contributed by atoms with Crippen molar-refractivity contribution in [3.05, 3.63) is 44.7 Å². The fourth-order valence-corrected chi connectivity index (χ4v) is 4.04. The highest BCUT2D eigenvalue weighted by Gasteiger charge is 2.14. The van der Waals surface area contributed by atoms with Gasteiger partial charge in [0.25, 0.3) is 0 Å². The van der Waals surface area contributed by atoms with E-state index >= 15 is 0 Å². The van der Waals surface area contributed by atoms with Gasteiger partial charge in [-0.25, -0.2) is 0 Å². The molecule has 1 nitrogen and oxygen atoms in total. The molecule has 0 unspecified atom stereocenters. The van der Waals surface area contributed by atoms with E-state index in [1.165, 1.54) is 28.0 Å². The zero-order valence-electron chi connectivity index (χ0n) is 9.72. The number of benzene rings is 1. The fourth-order valence-electron chi connectivity index (χ4n) is 2.29. The van der Waals surface area contributed by atoms with Gasteiger partial charge in [0.2, 0.25) is 0 Å². The van der Waals surface area contributed by atoms with Gasteiger partial charge in [0, 0.05) is 27.3 Å². The first-order valence-corrected chi connectivity index (χ1v) is 7.44. The zero-order valence-corrected chi connectivity index (χ0v) is 12.1. The van der Waals surface area contributed by atoms with Gasteiger partial charge in [-0.3, -0.25) is 0 Å². The Kier molecular flexibility index (Phi) is 3.07. The van der Waals surface area contributed by atoms with E-state index in [0.29, 0.717) is 0 Å². The van der Waals surface area contributed by atoms with Crippen LogP contribution in [0.25, 0.3) is 10.4 Å². The van der Waals surface area contributed by atoms with E-state index in [0.717, 1.165) is 17.6 Å². The molecule has 0 saturated heterocycles. The normalized spacial score (nSPS) is 14.7. The molecule has 1 aliphatic rings. The predicted octanol–water partition coefficient (Wildman–Crippen LogP) is 4.13. The van der Waals surface area contributed by atoms with Gasteiger partial charge in [-0.15, -0.1) is 11.3 Å². The average molecular weight is 308 g/mol. The summed E-state index contributed by atoms with van der Waals surface area (Å²) in [4.78, 5) is 2.96. The third-order valence-corrected chi connectivity index (χ3v) is 4.96. The van der Waals surface area contributed by atoms with Gasteiger partial charge >= 0.3 is 0 Å². The van der Waals surface area contributed by atoms with Crippen LogP contribution in [-0.2, 0) is 13.0 Å². The topological polar surface area (TPSA) is 12.0 Å². The van der Waals surface area contributed by atoms with Crippen molar-refractivity contribution >= 4 is 27.3 Å². The molecule has 17 heavy (non-hydrogen) atoms. The molecule has 0 fully saturated rings. The van der Waals surface area contributed by atoms with Crippen molar-refractivity contribution in [2.45, 2.75) is 19.9 Å². The maximum absolute atomic E-state index is 3.52. The molecular formula is C14H14BrNS. The van der Waals surface area contributed by atoms with E-state index in [4.69, 9.17) is 0 Å². The van der Waals surface area contributed by atoms with Gasteiger partial charge in [0.1, 0.15) is 0 Å². The van der Waals surface area contributed by atoms with Gasteiger partial charge in [-0.05, 0) is 48.2 Å². The monoisotopic (exact) mass is 307 g/mol. The molecular weight excluding hydrogens is 294 g/mol. The van der Waals surface area contributed by atoms with Crippen molar-refractivity contribution in [3.8, 4) is 10.4 Å². The van der Waals surface area contributed by atoms with Gasteiger partial charge in [-0.1, -0.05) is 22.0 Å². The van der Waals surface area contributed by atoms with E-state index in [1.807, 2.05) is 11.3 Å². The number of rotatable bonds is 1. The van der Waals surface area contributed by atoms with Crippen LogP contribution in [0.4, 0.5) is 0 Å². The number of fused-ring (bicyclic) bond motifs is 1. The number of thiophene rings is 1. The van der Waals surface area contributed by atoms with Crippen molar-refractivity contribution in [3.63, 3.8) is 0 Å². The first-order chi connectivity index (χ1) is 8.24. The lowest BCUT2D eigenvalue weighted by molar-refractivity contribution is 0.653. The molecule has 88 valence electrons. The van der Waals surface area contributed by atoms with Gasteiger partial charge < -0.3 is 5.32 Å². The molecule has 3 rings (SSSR count). The minimum absolute atomic E-state index is 1.03. The highest BCUT2D eigenvalue weighted by molar-refractivity contribution is 9.10. The Hall–Kier alpha value is -0.640. The molecule has 1 aromatic heterocycles. The summed E-state index contributed by atoms with van der Waals surface area (Å²) < 4.78 is 1.15. The summed E-state index contributed by atoms with van der Waals surface area (Å²) in [6, 6.07) is 8.87. The molecule has 0 aliphatic carbocycles. The lowest BCUT2D eigenvalue weighted by atomic mass is 10.1. The molecule has 0 bridgehead atoms. The first-order valence-electron chi connectivity index (χ1n) is 5.83. The Morgan fingerprint density at radius 2 is 2.18 bits per heavy atom. The highest BCUT2D eigenvalue weighted by atomic mass is 79.9. The third-order valence-electron chi connectivity index (χ3n) is 3.19. The fraction of sp³-hybridized carbons (Fsp3) is 0.286. The molecule has 0 radical (unpaired) electrons. The standard InChI is InChI=1S/C14H14BrNS/c1-9-6-11(15)2-3-12(9)14-7-10-8-16-5-4-13(10)17-14/h2-3,6-7,16H,4-5,8H2,1H3. The smallest absolute Gasteiger partial charge is 0.0351 e. The van der Waals surface area contributed by atoms with Crippen LogP contribution in [0.15, 0.2) is 28.7 Å². The second kappa shape index (κ2) is 4.56. The maximum Gasteiger partial charge on any atom is 0.0351 e. The van der Waals surface area contributed by atoms with Crippen LogP contribution in [0.1, 0.15) is 16.0 Å². The Balaban J connectivity index is 2.06. The van der Waals surface area contributed by atoms with Crippen molar-refractivity contribution in [1.82, 2.24) is 5.32 Å². The number of hydrogen-bond acceptors (Lipinski definition) is 2. The van der Waals surface area contributed by atoms with Crippen molar-refractivity contribution in [2.75, 3.05) is 6.54 Å². The second-order valence-electron chi connectivity index (χ2n) is 4.45. The Morgan fingerprint density at radius 3 is 2.94 bits per heavy atom. The van der Waals surface area contributed by atoms with Crippen LogP contribution >= 0.6 is 27.3 Å². The van der Waals surface area contributed by atoms with Crippen LogP contribution in [0.5, 0.6) is 0 Å². The summed E-state index contributed by atoms with van der Waals surface area (Å²) in [7, 11) is 0. The predicted molar refractivity (Wildman–Crippen MR) is 77.6 cm³/mol. The average Bonchev–Trinajstić information content (AvgIpc) is 2.72. The minimum Gasteiger partial charge on any atom is -0.312 e. The van der Waals surface area contributed by atoms with Crippen molar-refractivity contribution in [2.24, 2.45) is 0 Å². The molecule has 3 heteroatoms. The Morgan fingerprint density at radius 1 is 1.29 bits per heavy atom. The molecule has 0 atom stereocenters. The quantitative estimate of drug-likeness (QED) is 0.835. The molecule has 0 spiro atoms. The first kappa shape index (κ1) is 11.5. The molecule has 1 aliphatic heterocycles. The zero-order chi connectivity index (χ0) is 11.8. The van der Waals surface area contributed by atoms with E-state index in [-0.39, 0.29) is 0 Å². The Bertz CT molecular complexity index is 536. The molecule has 0 saturated carbocycles. The van der Waals surface area contributed by atoms with E-state index < -0.39 is 0 Å².